The van der Waals surface area contributed by atoms with E-state index in [0.717, 1.165) is 5.39 Å². The maximum Gasteiger partial charge on any atom is 0.343 e. The summed E-state index contributed by atoms with van der Waals surface area (Å²) in [6.45, 7) is 1.19. The van der Waals surface area contributed by atoms with Crippen LogP contribution in [0, 0.1) is 5.41 Å². The Morgan fingerprint density at radius 1 is 1.06 bits per heavy atom. The number of amidine groups is 1. The zero-order chi connectivity index (χ0) is 24.5. The zero-order valence-electron chi connectivity index (χ0n) is 18.6. The van der Waals surface area contributed by atoms with Crippen LogP contribution < -0.4 is 27.1 Å². The highest BCUT2D eigenvalue weighted by Gasteiger charge is 2.16. The van der Waals surface area contributed by atoms with Gasteiger partial charge in [0.25, 0.3) is 0 Å². The van der Waals surface area contributed by atoms with Crippen molar-refractivity contribution in [3.05, 3.63) is 71.3 Å². The molecule has 0 radical (unpaired) electrons. The van der Waals surface area contributed by atoms with Gasteiger partial charge in [0.05, 0.1) is 24.3 Å². The van der Waals surface area contributed by atoms with Gasteiger partial charge < -0.3 is 26.4 Å². The molecule has 0 aliphatic carbocycles. The standard InChI is InChI=1S/C24H26N6O4/c1-33-11-10-29-30-14-28-18-6-2-15(3-7-18)24(32)34-21-9-5-16-12-17(23(26)27)4-8-19(16)20(21)13-22(25)31/h2-9,12,14,29H,10-11,13H2,1H3,(H2,25,31)(H3,26,27)(H,28,30). The van der Waals surface area contributed by atoms with Crippen LogP contribution in [0.4, 0.5) is 5.69 Å². The molecule has 0 fully saturated rings. The number of hydrazine groups is 1. The summed E-state index contributed by atoms with van der Waals surface area (Å²) >= 11 is 0. The summed E-state index contributed by atoms with van der Waals surface area (Å²) in [6.07, 6.45) is 1.38. The number of aliphatic imine (C=N–C) groups is 1. The lowest BCUT2D eigenvalue weighted by molar-refractivity contribution is -0.117. The van der Waals surface area contributed by atoms with Crippen molar-refractivity contribution in [2.24, 2.45) is 16.5 Å². The molecule has 0 bridgehead atoms. The van der Waals surface area contributed by atoms with Gasteiger partial charge in [0.15, 0.2) is 0 Å². The van der Waals surface area contributed by atoms with Gasteiger partial charge in [-0.1, -0.05) is 18.2 Å². The van der Waals surface area contributed by atoms with E-state index in [1.807, 2.05) is 0 Å². The minimum absolute atomic E-state index is 0.0697. The second-order valence-corrected chi connectivity index (χ2v) is 7.29. The number of benzene rings is 3. The van der Waals surface area contributed by atoms with Crippen LogP contribution in [-0.2, 0) is 16.0 Å². The number of esters is 1. The number of nitrogens with one attached hydrogen (secondary N) is 3. The van der Waals surface area contributed by atoms with Crippen LogP contribution in [-0.4, -0.2) is 44.3 Å². The molecule has 3 aromatic carbocycles. The summed E-state index contributed by atoms with van der Waals surface area (Å²) < 4.78 is 10.5. The molecule has 3 rings (SSSR count). The van der Waals surface area contributed by atoms with Crippen LogP contribution in [0.5, 0.6) is 5.75 Å². The number of rotatable bonds is 11. The molecule has 10 nitrogen and oxygen atoms in total. The summed E-state index contributed by atoms with van der Waals surface area (Å²) in [5, 5.41) is 9.04. The summed E-state index contributed by atoms with van der Waals surface area (Å²) in [7, 11) is 1.62. The fraction of sp³-hybridized carbons (Fsp3) is 0.167. The molecular weight excluding hydrogens is 436 g/mol. The van der Waals surface area contributed by atoms with Crippen LogP contribution in [0.2, 0.25) is 0 Å². The summed E-state index contributed by atoms with van der Waals surface area (Å²) in [5.74, 6) is -0.978. The highest BCUT2D eigenvalue weighted by Crippen LogP contribution is 2.30. The van der Waals surface area contributed by atoms with Crippen LogP contribution >= 0.6 is 0 Å². The molecule has 0 aliphatic rings. The number of hydrogen-bond donors (Lipinski definition) is 5. The third-order valence-electron chi connectivity index (χ3n) is 4.87. The number of nitrogens with two attached hydrogens (primary N) is 2. The Kier molecular flexibility index (Phi) is 8.27. The number of nitrogen functional groups attached to an aromatic ring is 1. The average Bonchev–Trinajstić information content (AvgIpc) is 2.82. The van der Waals surface area contributed by atoms with Crippen molar-refractivity contribution in [3.63, 3.8) is 0 Å². The lowest BCUT2D eigenvalue weighted by atomic mass is 9.98. The van der Waals surface area contributed by atoms with E-state index in [1.54, 1.807) is 61.7 Å². The van der Waals surface area contributed by atoms with Crippen LogP contribution in [0.3, 0.4) is 0 Å². The number of amides is 1. The fourth-order valence-corrected chi connectivity index (χ4v) is 3.21. The Hall–Kier alpha value is -4.28. The largest absolute Gasteiger partial charge is 0.423 e. The maximum absolute atomic E-state index is 12.7. The second-order valence-electron chi connectivity index (χ2n) is 7.29. The van der Waals surface area contributed by atoms with Gasteiger partial charge in [-0.2, -0.15) is 0 Å². The van der Waals surface area contributed by atoms with Gasteiger partial charge in [0, 0.05) is 24.8 Å². The first-order valence-corrected chi connectivity index (χ1v) is 10.4. The third kappa shape index (κ3) is 6.37. The lowest BCUT2D eigenvalue weighted by Gasteiger charge is -2.13. The topological polar surface area (TPSA) is 165 Å². The first kappa shape index (κ1) is 24.4. The molecule has 176 valence electrons. The van der Waals surface area contributed by atoms with E-state index in [-0.39, 0.29) is 18.0 Å². The predicted octanol–water partition coefficient (Wildman–Crippen LogP) is 1.77. The molecule has 34 heavy (non-hydrogen) atoms. The van der Waals surface area contributed by atoms with Crippen LogP contribution in [0.15, 0.2) is 59.6 Å². The van der Waals surface area contributed by atoms with E-state index in [0.29, 0.717) is 40.9 Å². The van der Waals surface area contributed by atoms with Gasteiger partial charge in [-0.25, -0.2) is 15.2 Å². The molecule has 0 saturated heterocycles. The van der Waals surface area contributed by atoms with Gasteiger partial charge in [0.1, 0.15) is 17.9 Å². The molecule has 0 spiro atoms. The van der Waals surface area contributed by atoms with E-state index in [2.05, 4.69) is 15.8 Å². The SMILES string of the molecule is COCCNNC=Nc1ccc(C(=O)Oc2ccc3cc(C(=N)N)ccc3c2CC(N)=O)cc1. The Morgan fingerprint density at radius 3 is 2.47 bits per heavy atom. The van der Waals surface area contributed by atoms with Gasteiger partial charge in [-0.3, -0.25) is 10.2 Å². The molecule has 0 aliphatic heterocycles. The smallest absolute Gasteiger partial charge is 0.343 e. The fourth-order valence-electron chi connectivity index (χ4n) is 3.21. The number of ether oxygens (including phenoxy) is 2. The van der Waals surface area contributed by atoms with E-state index in [9.17, 15) is 9.59 Å². The summed E-state index contributed by atoms with van der Waals surface area (Å²) in [5.41, 5.74) is 18.7. The Labute approximate surface area is 196 Å². The highest BCUT2D eigenvalue weighted by molar-refractivity contribution is 6.01. The number of nitrogens with zero attached hydrogens (tertiary/aromatic N) is 1. The molecule has 0 atom stereocenters. The van der Waals surface area contributed by atoms with Crippen molar-refractivity contribution in [1.29, 1.82) is 5.41 Å². The van der Waals surface area contributed by atoms with Crippen LogP contribution in [0.25, 0.3) is 10.8 Å². The monoisotopic (exact) mass is 462 g/mol. The van der Waals surface area contributed by atoms with Crippen molar-refractivity contribution < 1.29 is 19.1 Å². The molecule has 1 amide bonds. The summed E-state index contributed by atoms with van der Waals surface area (Å²) in [4.78, 5) is 28.7. The zero-order valence-corrected chi connectivity index (χ0v) is 18.6. The average molecular weight is 463 g/mol. The van der Waals surface area contributed by atoms with Crippen molar-refractivity contribution in [2.45, 2.75) is 6.42 Å². The lowest BCUT2D eigenvalue weighted by Crippen LogP contribution is -2.33. The van der Waals surface area contributed by atoms with Crippen molar-refractivity contribution in [2.75, 3.05) is 20.3 Å². The quantitative estimate of drug-likeness (QED) is 0.0723. The number of carbonyl (C=O) groups is 2. The van der Waals surface area contributed by atoms with E-state index < -0.39 is 11.9 Å². The normalized spacial score (nSPS) is 11.0. The number of fused-ring (bicyclic) bond motifs is 1. The first-order chi connectivity index (χ1) is 16.4. The van der Waals surface area contributed by atoms with E-state index in [1.165, 1.54) is 6.34 Å². The first-order valence-electron chi connectivity index (χ1n) is 10.4. The van der Waals surface area contributed by atoms with Crippen molar-refractivity contribution in [1.82, 2.24) is 10.9 Å². The predicted molar refractivity (Wildman–Crippen MR) is 130 cm³/mol. The van der Waals surface area contributed by atoms with Gasteiger partial charge in [-0.05, 0) is 47.2 Å². The minimum atomic E-state index is -0.583. The highest BCUT2D eigenvalue weighted by atomic mass is 16.5. The molecule has 0 heterocycles. The van der Waals surface area contributed by atoms with E-state index >= 15 is 0 Å². The van der Waals surface area contributed by atoms with Crippen molar-refractivity contribution >= 4 is 40.5 Å². The molecule has 0 aromatic heterocycles. The molecule has 3 aromatic rings. The second kappa shape index (κ2) is 11.5. The number of primary amides is 1. The molecule has 0 saturated carbocycles. The molecule has 0 unspecified atom stereocenters. The Bertz CT molecular complexity index is 1220. The van der Waals surface area contributed by atoms with E-state index in [4.69, 9.17) is 26.4 Å². The Morgan fingerprint density at radius 2 is 1.79 bits per heavy atom. The third-order valence-corrected chi connectivity index (χ3v) is 4.87. The molecular formula is C24H26N6O4. The Balaban J connectivity index is 1.76. The molecule has 10 heteroatoms. The number of carbonyl (C=O) groups excluding carboxylic acids is 2. The van der Waals surface area contributed by atoms with Gasteiger partial charge >= 0.3 is 5.97 Å². The summed E-state index contributed by atoms with van der Waals surface area (Å²) in [6, 6.07) is 15.0. The minimum Gasteiger partial charge on any atom is -0.423 e. The number of methoxy groups -OCH3 is 1. The molecule has 7 N–H and O–H groups in total. The maximum atomic E-state index is 12.7. The number of hydrogen-bond acceptors (Lipinski definition) is 7. The van der Waals surface area contributed by atoms with Crippen molar-refractivity contribution in [3.8, 4) is 5.75 Å². The van der Waals surface area contributed by atoms with Gasteiger partial charge in [0.2, 0.25) is 5.91 Å². The van der Waals surface area contributed by atoms with Crippen LogP contribution in [0.1, 0.15) is 21.5 Å². The van der Waals surface area contributed by atoms with Gasteiger partial charge in [-0.15, -0.1) is 0 Å².